The number of hydrogen-bond donors (Lipinski definition) is 4. The number of nitrogens with one attached hydrogen (secondary N) is 2. The molecule has 0 radical (unpaired) electrons. The van der Waals surface area contributed by atoms with E-state index in [1.807, 2.05) is 54.6 Å². The second-order valence-corrected chi connectivity index (χ2v) is 11.5. The molecule has 0 bridgehead atoms. The molecule has 0 spiro atoms. The van der Waals surface area contributed by atoms with Crippen molar-refractivity contribution in [3.63, 3.8) is 0 Å². The topological polar surface area (TPSA) is 154 Å². The number of rotatable bonds is 10. The monoisotopic (exact) mass is 608 g/mol. The van der Waals surface area contributed by atoms with Crippen LogP contribution in [-0.2, 0) is 28.2 Å². The van der Waals surface area contributed by atoms with Crippen molar-refractivity contribution in [3.05, 3.63) is 108 Å². The summed E-state index contributed by atoms with van der Waals surface area (Å²) >= 11 is 0. The molecule has 2 heterocycles. The smallest absolute Gasteiger partial charge is 0.324 e. The lowest BCUT2D eigenvalue weighted by Crippen LogP contribution is -2.23. The molecule has 0 aliphatic heterocycles. The molecule has 232 valence electrons. The van der Waals surface area contributed by atoms with Gasteiger partial charge in [0.25, 0.3) is 5.91 Å². The molecule has 5 N–H and O–H groups in total. The Hall–Kier alpha value is -5.26. The summed E-state index contributed by atoms with van der Waals surface area (Å²) in [7, 11) is 1.40. The lowest BCUT2D eigenvalue weighted by molar-refractivity contribution is -0.128. The van der Waals surface area contributed by atoms with Crippen LogP contribution in [0.25, 0.3) is 16.5 Å². The first-order chi connectivity index (χ1) is 21.6. The van der Waals surface area contributed by atoms with Gasteiger partial charge in [-0.25, -0.2) is 9.48 Å². The zero-order valence-electron chi connectivity index (χ0n) is 25.6. The zero-order chi connectivity index (χ0) is 32.1. The van der Waals surface area contributed by atoms with Crippen molar-refractivity contribution in [2.75, 3.05) is 17.7 Å². The van der Waals surface area contributed by atoms with E-state index in [4.69, 9.17) is 20.3 Å². The lowest BCUT2D eigenvalue weighted by Gasteiger charge is -2.15. The van der Waals surface area contributed by atoms with Crippen molar-refractivity contribution in [3.8, 4) is 11.4 Å². The average Bonchev–Trinajstić information content (AvgIpc) is 3.45. The summed E-state index contributed by atoms with van der Waals surface area (Å²) in [6.07, 6.45) is 0.626. The molecule has 1 unspecified atom stereocenters. The van der Waals surface area contributed by atoms with E-state index in [1.54, 1.807) is 35.1 Å². The quantitative estimate of drug-likeness (QED) is 0.161. The summed E-state index contributed by atoms with van der Waals surface area (Å²) in [6, 6.07) is 23.5. The predicted molar refractivity (Wildman–Crippen MR) is 172 cm³/mol. The predicted octanol–water partition coefficient (Wildman–Crippen LogP) is 5.61. The van der Waals surface area contributed by atoms with Gasteiger partial charge in [-0.15, -0.1) is 0 Å². The molecule has 0 fully saturated rings. The molecule has 0 saturated heterocycles. The fraction of sp³-hybridized carbons (Fsp3) is 0.235. The van der Waals surface area contributed by atoms with Crippen LogP contribution in [0.5, 0.6) is 5.75 Å². The number of aliphatic hydroxyl groups excluding tert-OH is 1. The van der Waals surface area contributed by atoms with Gasteiger partial charge in [-0.3, -0.25) is 15.1 Å². The molecule has 1 atom stereocenters. The highest BCUT2D eigenvalue weighted by atomic mass is 16.5. The van der Waals surface area contributed by atoms with E-state index in [0.717, 1.165) is 33.3 Å². The van der Waals surface area contributed by atoms with Gasteiger partial charge in [0.15, 0.2) is 6.10 Å². The van der Waals surface area contributed by atoms with Crippen LogP contribution in [-0.4, -0.2) is 38.9 Å². The number of ether oxygens (including phenoxy) is 2. The van der Waals surface area contributed by atoms with Crippen molar-refractivity contribution in [2.24, 2.45) is 5.73 Å². The van der Waals surface area contributed by atoms with Gasteiger partial charge in [-0.1, -0.05) is 57.2 Å². The Bertz CT molecular complexity index is 1830. The molecule has 0 aliphatic carbocycles. The van der Waals surface area contributed by atoms with Crippen molar-refractivity contribution in [1.29, 1.82) is 0 Å². The van der Waals surface area contributed by atoms with Crippen LogP contribution in [0.1, 0.15) is 49.4 Å². The van der Waals surface area contributed by atoms with Gasteiger partial charge in [0.2, 0.25) is 0 Å². The Morgan fingerprint density at radius 3 is 2.36 bits per heavy atom. The van der Waals surface area contributed by atoms with Crippen LogP contribution in [0.3, 0.4) is 0 Å². The van der Waals surface area contributed by atoms with Gasteiger partial charge in [-0.2, -0.15) is 5.10 Å². The first-order valence-corrected chi connectivity index (χ1v) is 14.4. The summed E-state index contributed by atoms with van der Waals surface area (Å²) in [6.45, 7) is 6.31. The van der Waals surface area contributed by atoms with Crippen molar-refractivity contribution < 1.29 is 24.2 Å². The fourth-order valence-electron chi connectivity index (χ4n) is 4.82. The Labute approximate surface area is 261 Å². The van der Waals surface area contributed by atoms with E-state index in [-0.39, 0.29) is 18.6 Å². The number of anilines is 2. The van der Waals surface area contributed by atoms with Crippen LogP contribution < -0.4 is 21.1 Å². The summed E-state index contributed by atoms with van der Waals surface area (Å²) in [5, 5.41) is 21.7. The summed E-state index contributed by atoms with van der Waals surface area (Å²) < 4.78 is 13.0. The fourth-order valence-corrected chi connectivity index (χ4v) is 4.82. The molecule has 3 aromatic carbocycles. The van der Waals surface area contributed by atoms with Crippen LogP contribution in [0.4, 0.5) is 16.3 Å². The third kappa shape index (κ3) is 7.11. The van der Waals surface area contributed by atoms with Gasteiger partial charge in [0.05, 0.1) is 29.4 Å². The number of carbonyl (C=O) groups excluding carboxylic acids is 2. The number of urea groups is 1. The van der Waals surface area contributed by atoms with E-state index in [0.29, 0.717) is 22.9 Å². The maximum absolute atomic E-state index is 13.3. The first-order valence-electron chi connectivity index (χ1n) is 14.4. The maximum Gasteiger partial charge on any atom is 0.324 e. The van der Waals surface area contributed by atoms with Crippen molar-refractivity contribution in [2.45, 2.75) is 45.5 Å². The lowest BCUT2D eigenvalue weighted by atomic mass is 9.92. The van der Waals surface area contributed by atoms with E-state index in [2.05, 4.69) is 36.4 Å². The zero-order valence-corrected chi connectivity index (χ0v) is 25.6. The minimum Gasteiger partial charge on any atom is -0.488 e. The molecule has 5 rings (SSSR count). The Morgan fingerprint density at radius 2 is 1.69 bits per heavy atom. The number of fused-ring (bicyclic) bond motifs is 1. The minimum absolute atomic E-state index is 0.0612. The first kappa shape index (κ1) is 31.2. The summed E-state index contributed by atoms with van der Waals surface area (Å²) in [5.41, 5.74) is 9.30. The number of pyridine rings is 1. The number of methoxy groups -OCH3 is 1. The molecule has 2 aromatic heterocycles. The number of primary amides is 1. The molecule has 5 aromatic rings. The van der Waals surface area contributed by atoms with E-state index in [1.165, 1.54) is 7.11 Å². The SMILES string of the molecule is COC(C(N)=O)c1cc(COc2ccc(NC(=O)Nc3cc(C(C)(C)C)nn3-c3ccc(CO)cc3)c3ccccc23)ccn1. The maximum atomic E-state index is 13.3. The average molecular weight is 609 g/mol. The van der Waals surface area contributed by atoms with Crippen molar-refractivity contribution in [1.82, 2.24) is 14.8 Å². The molecule has 11 heteroatoms. The molecule has 0 aliphatic rings. The van der Waals surface area contributed by atoms with Gasteiger partial charge in [0.1, 0.15) is 18.2 Å². The largest absolute Gasteiger partial charge is 0.488 e. The Kier molecular flexibility index (Phi) is 9.12. The van der Waals surface area contributed by atoms with E-state index in [9.17, 15) is 14.7 Å². The number of amides is 3. The number of hydrogen-bond acceptors (Lipinski definition) is 7. The van der Waals surface area contributed by atoms with Crippen LogP contribution in [0.15, 0.2) is 85.1 Å². The molecule has 11 nitrogen and oxygen atoms in total. The van der Waals surface area contributed by atoms with Gasteiger partial charge in [-0.05, 0) is 47.5 Å². The van der Waals surface area contributed by atoms with Gasteiger partial charge in [0, 0.05) is 35.6 Å². The van der Waals surface area contributed by atoms with E-state index >= 15 is 0 Å². The number of benzene rings is 3. The van der Waals surface area contributed by atoms with Crippen molar-refractivity contribution >= 4 is 34.2 Å². The molecule has 0 saturated carbocycles. The summed E-state index contributed by atoms with van der Waals surface area (Å²) in [5.74, 6) is 0.492. The molecular formula is C34H36N6O5. The Balaban J connectivity index is 1.36. The molecule has 3 amide bonds. The molecule has 45 heavy (non-hydrogen) atoms. The van der Waals surface area contributed by atoms with E-state index < -0.39 is 18.0 Å². The van der Waals surface area contributed by atoms with Crippen LogP contribution >= 0.6 is 0 Å². The second kappa shape index (κ2) is 13.2. The van der Waals surface area contributed by atoms with Gasteiger partial charge < -0.3 is 25.6 Å². The summed E-state index contributed by atoms with van der Waals surface area (Å²) in [4.78, 5) is 29.3. The minimum atomic E-state index is -0.951. The van der Waals surface area contributed by atoms with Crippen LogP contribution in [0.2, 0.25) is 0 Å². The number of aliphatic hydroxyl groups is 1. The number of nitrogens with two attached hydrogens (primary N) is 1. The third-order valence-corrected chi connectivity index (χ3v) is 7.22. The standard InChI is InChI=1S/C34H36N6O5/c1-34(2,3)29-18-30(40(39-29)23-11-9-21(19-41)10-12-23)38-33(43)37-26-13-14-28(25-8-6-5-7-24(25)26)45-20-22-15-16-36-27(17-22)31(44-4)32(35)42/h5-18,31,41H,19-20H2,1-4H3,(H2,35,42)(H2,37,38,43). The highest BCUT2D eigenvalue weighted by Gasteiger charge is 2.22. The normalized spacial score (nSPS) is 12.1. The number of nitrogens with zero attached hydrogens (tertiary/aromatic N) is 3. The second-order valence-electron chi connectivity index (χ2n) is 11.5. The third-order valence-electron chi connectivity index (χ3n) is 7.22. The highest BCUT2D eigenvalue weighted by Crippen LogP contribution is 2.33. The number of aromatic nitrogens is 3. The Morgan fingerprint density at radius 1 is 0.956 bits per heavy atom. The van der Waals surface area contributed by atoms with Gasteiger partial charge >= 0.3 is 6.03 Å². The highest BCUT2D eigenvalue weighted by molar-refractivity contribution is 6.07. The number of carbonyl (C=O) groups is 2. The molecular weight excluding hydrogens is 572 g/mol. The van der Waals surface area contributed by atoms with Crippen LogP contribution in [0, 0.1) is 0 Å².